The summed E-state index contributed by atoms with van der Waals surface area (Å²) in [4.78, 5) is 2.37. The Hall–Kier alpha value is -1.30. The zero-order valence-electron chi connectivity index (χ0n) is 12.6. The van der Waals surface area contributed by atoms with E-state index in [2.05, 4.69) is 11.8 Å². The molecular formula is C16H24N2O3. The Morgan fingerprint density at radius 3 is 2.86 bits per heavy atom. The van der Waals surface area contributed by atoms with Gasteiger partial charge in [-0.05, 0) is 24.2 Å². The molecular weight excluding hydrogens is 268 g/mol. The second-order valence-corrected chi connectivity index (χ2v) is 5.58. The molecule has 0 spiro atoms. The molecule has 2 aliphatic heterocycles. The molecule has 1 aromatic rings. The fourth-order valence-corrected chi connectivity index (χ4v) is 2.84. The first-order valence-electron chi connectivity index (χ1n) is 7.77. The van der Waals surface area contributed by atoms with Crippen molar-refractivity contribution in [1.29, 1.82) is 0 Å². The molecule has 2 heterocycles. The van der Waals surface area contributed by atoms with Gasteiger partial charge in [0, 0.05) is 19.5 Å². The van der Waals surface area contributed by atoms with Crippen LogP contribution in [0.25, 0.3) is 0 Å². The first-order valence-corrected chi connectivity index (χ1v) is 7.77. The molecule has 116 valence electrons. The summed E-state index contributed by atoms with van der Waals surface area (Å²) in [6.45, 7) is 7.21. The van der Waals surface area contributed by atoms with E-state index in [4.69, 9.17) is 19.9 Å². The van der Waals surface area contributed by atoms with Gasteiger partial charge in [0.25, 0.3) is 0 Å². The van der Waals surface area contributed by atoms with Crippen molar-refractivity contribution >= 4 is 0 Å². The number of nitrogens with zero attached hydrogens (tertiary/aromatic N) is 1. The summed E-state index contributed by atoms with van der Waals surface area (Å²) >= 11 is 0. The number of ether oxygens (including phenoxy) is 3. The molecule has 0 amide bonds. The number of fused-ring (bicyclic) bond motifs is 1. The van der Waals surface area contributed by atoms with Gasteiger partial charge in [0.05, 0.1) is 32.0 Å². The van der Waals surface area contributed by atoms with Gasteiger partial charge in [-0.15, -0.1) is 0 Å². The van der Waals surface area contributed by atoms with Crippen LogP contribution in [0.15, 0.2) is 18.2 Å². The van der Waals surface area contributed by atoms with Crippen molar-refractivity contribution in [1.82, 2.24) is 4.90 Å². The van der Waals surface area contributed by atoms with E-state index in [1.54, 1.807) is 0 Å². The van der Waals surface area contributed by atoms with Gasteiger partial charge in [0.2, 0.25) is 0 Å². The van der Waals surface area contributed by atoms with Gasteiger partial charge in [0.1, 0.15) is 0 Å². The number of rotatable bonds is 3. The Bertz CT molecular complexity index is 481. The van der Waals surface area contributed by atoms with Crippen molar-refractivity contribution in [2.45, 2.75) is 25.5 Å². The van der Waals surface area contributed by atoms with E-state index in [-0.39, 0.29) is 12.1 Å². The molecule has 0 aliphatic carbocycles. The van der Waals surface area contributed by atoms with E-state index < -0.39 is 0 Å². The maximum absolute atomic E-state index is 6.41. The van der Waals surface area contributed by atoms with Gasteiger partial charge in [-0.25, -0.2) is 0 Å². The van der Waals surface area contributed by atoms with Crippen molar-refractivity contribution < 1.29 is 14.2 Å². The number of nitrogens with two attached hydrogens (primary N) is 1. The lowest BCUT2D eigenvalue weighted by Crippen LogP contribution is -2.46. The molecule has 0 aromatic heterocycles. The van der Waals surface area contributed by atoms with Crippen LogP contribution >= 0.6 is 0 Å². The summed E-state index contributed by atoms with van der Waals surface area (Å²) in [5, 5.41) is 0. The van der Waals surface area contributed by atoms with Gasteiger partial charge < -0.3 is 19.9 Å². The van der Waals surface area contributed by atoms with Crippen LogP contribution in [-0.4, -0.2) is 50.5 Å². The molecule has 0 saturated carbocycles. The van der Waals surface area contributed by atoms with Gasteiger partial charge >= 0.3 is 0 Å². The molecule has 2 unspecified atom stereocenters. The highest BCUT2D eigenvalue weighted by Gasteiger charge is 2.27. The smallest absolute Gasteiger partial charge is 0.161 e. The molecule has 1 saturated heterocycles. The van der Waals surface area contributed by atoms with E-state index in [0.29, 0.717) is 13.2 Å². The molecule has 1 aromatic carbocycles. The van der Waals surface area contributed by atoms with Crippen molar-refractivity contribution in [2.24, 2.45) is 5.73 Å². The standard InChI is InChI=1S/C16H24N2O3/c1-2-18-6-9-21-15(11-18)16(17)12-4-5-13-14(10-12)20-8-3-7-19-13/h4-5,10,15-16H,2-3,6-9,11,17H2,1H3. The first kappa shape index (κ1) is 14.6. The van der Waals surface area contributed by atoms with Crippen LogP contribution in [0.5, 0.6) is 11.5 Å². The normalized spacial score (nSPS) is 24.4. The second kappa shape index (κ2) is 6.64. The topological polar surface area (TPSA) is 57.0 Å². The Morgan fingerprint density at radius 2 is 2.05 bits per heavy atom. The predicted molar refractivity (Wildman–Crippen MR) is 80.8 cm³/mol. The molecule has 21 heavy (non-hydrogen) atoms. The van der Waals surface area contributed by atoms with Crippen LogP contribution in [0.2, 0.25) is 0 Å². The highest BCUT2D eigenvalue weighted by molar-refractivity contribution is 5.44. The predicted octanol–water partition coefficient (Wildman–Crippen LogP) is 1.57. The molecule has 0 bridgehead atoms. The van der Waals surface area contributed by atoms with Crippen molar-refractivity contribution in [3.8, 4) is 11.5 Å². The highest BCUT2D eigenvalue weighted by atomic mass is 16.5. The van der Waals surface area contributed by atoms with Gasteiger partial charge in [0.15, 0.2) is 11.5 Å². The Labute approximate surface area is 126 Å². The third kappa shape index (κ3) is 3.31. The fraction of sp³-hybridized carbons (Fsp3) is 0.625. The maximum atomic E-state index is 6.41. The molecule has 1 fully saturated rings. The van der Waals surface area contributed by atoms with Gasteiger partial charge in [-0.3, -0.25) is 4.90 Å². The van der Waals surface area contributed by atoms with Gasteiger partial charge in [-0.1, -0.05) is 13.0 Å². The van der Waals surface area contributed by atoms with Crippen LogP contribution in [0.1, 0.15) is 24.9 Å². The van der Waals surface area contributed by atoms with Crippen molar-refractivity contribution in [2.75, 3.05) is 39.5 Å². The summed E-state index contributed by atoms with van der Waals surface area (Å²) in [7, 11) is 0. The summed E-state index contributed by atoms with van der Waals surface area (Å²) in [6.07, 6.45) is 0.941. The Kier molecular flexibility index (Phi) is 4.63. The lowest BCUT2D eigenvalue weighted by Gasteiger charge is -2.35. The van der Waals surface area contributed by atoms with Crippen LogP contribution in [-0.2, 0) is 4.74 Å². The van der Waals surface area contributed by atoms with E-state index >= 15 is 0 Å². The fourth-order valence-electron chi connectivity index (χ4n) is 2.84. The van der Waals surface area contributed by atoms with E-state index in [9.17, 15) is 0 Å². The van der Waals surface area contributed by atoms with Crippen molar-refractivity contribution in [3.05, 3.63) is 23.8 Å². The largest absolute Gasteiger partial charge is 0.490 e. The van der Waals surface area contributed by atoms with Crippen LogP contribution in [0, 0.1) is 0 Å². The Morgan fingerprint density at radius 1 is 1.24 bits per heavy atom. The minimum atomic E-state index is -0.142. The van der Waals surface area contributed by atoms with E-state index in [1.807, 2.05) is 18.2 Å². The zero-order chi connectivity index (χ0) is 14.7. The number of benzene rings is 1. The molecule has 3 rings (SSSR count). The second-order valence-electron chi connectivity index (χ2n) is 5.58. The zero-order valence-corrected chi connectivity index (χ0v) is 12.6. The molecule has 0 radical (unpaired) electrons. The average Bonchev–Trinajstić information content (AvgIpc) is 2.78. The highest BCUT2D eigenvalue weighted by Crippen LogP contribution is 2.33. The minimum absolute atomic E-state index is 0.0310. The van der Waals surface area contributed by atoms with Crippen LogP contribution in [0.3, 0.4) is 0 Å². The minimum Gasteiger partial charge on any atom is -0.490 e. The first-order chi connectivity index (χ1) is 10.3. The summed E-state index contributed by atoms with van der Waals surface area (Å²) in [5.41, 5.74) is 7.45. The lowest BCUT2D eigenvalue weighted by molar-refractivity contribution is -0.0393. The maximum Gasteiger partial charge on any atom is 0.161 e. The van der Waals surface area contributed by atoms with Crippen molar-refractivity contribution in [3.63, 3.8) is 0 Å². The quantitative estimate of drug-likeness (QED) is 0.916. The molecule has 2 atom stereocenters. The molecule has 2 aliphatic rings. The van der Waals surface area contributed by atoms with E-state index in [1.165, 1.54) is 0 Å². The summed E-state index contributed by atoms with van der Waals surface area (Å²) in [5.74, 6) is 1.60. The number of likely N-dealkylation sites (N-methyl/N-ethyl adjacent to an activating group) is 1. The monoisotopic (exact) mass is 292 g/mol. The Balaban J connectivity index is 1.75. The molecule has 5 heteroatoms. The van der Waals surface area contributed by atoms with Crippen LogP contribution in [0.4, 0.5) is 0 Å². The average molecular weight is 292 g/mol. The third-order valence-corrected chi connectivity index (χ3v) is 4.18. The summed E-state index contributed by atoms with van der Waals surface area (Å²) in [6, 6.07) is 5.83. The number of morpholine rings is 1. The number of hydrogen-bond donors (Lipinski definition) is 1. The number of hydrogen-bond acceptors (Lipinski definition) is 5. The third-order valence-electron chi connectivity index (χ3n) is 4.18. The lowest BCUT2D eigenvalue weighted by atomic mass is 10.0. The summed E-state index contributed by atoms with van der Waals surface area (Å²) < 4.78 is 17.3. The van der Waals surface area contributed by atoms with E-state index in [0.717, 1.165) is 49.7 Å². The molecule has 2 N–H and O–H groups in total. The van der Waals surface area contributed by atoms with Gasteiger partial charge in [-0.2, -0.15) is 0 Å². The SMILES string of the molecule is CCN1CCOC(C(N)c2ccc3c(c2)OCCCO3)C1. The van der Waals surface area contributed by atoms with Crippen LogP contribution < -0.4 is 15.2 Å². The molecule has 5 nitrogen and oxygen atoms in total.